The first kappa shape index (κ1) is 41.8. The third-order valence-electron chi connectivity index (χ3n) is 12.3. The Hall–Kier alpha value is -3.40. The minimum atomic E-state index is -1.67. The summed E-state index contributed by atoms with van der Waals surface area (Å²) in [5, 5.41) is 68.2. The van der Waals surface area contributed by atoms with Crippen LogP contribution in [0.4, 0.5) is 4.79 Å². The van der Waals surface area contributed by atoms with Crippen molar-refractivity contribution in [3.05, 3.63) is 35.4 Å². The number of nitriles is 1. The van der Waals surface area contributed by atoms with Crippen molar-refractivity contribution in [2.45, 2.75) is 120 Å². The van der Waals surface area contributed by atoms with Crippen LogP contribution in [0.1, 0.15) is 69.4 Å². The lowest BCUT2D eigenvalue weighted by Gasteiger charge is -2.63. The number of aliphatic hydroxyl groups excluding tert-OH is 5. The average molecular weight is 760 g/mol. The number of amides is 2. The normalized spacial score (nSPS) is 31.6. The van der Waals surface area contributed by atoms with E-state index in [1.54, 1.807) is 4.90 Å². The monoisotopic (exact) mass is 759 g/mol. The number of likely N-dealkylation sites (tertiary alicyclic amines) is 1. The van der Waals surface area contributed by atoms with Gasteiger partial charge < -0.3 is 56.1 Å². The highest BCUT2D eigenvalue weighted by atomic mass is 16.6. The van der Waals surface area contributed by atoms with Crippen molar-refractivity contribution in [3.8, 4) is 6.07 Å². The van der Waals surface area contributed by atoms with E-state index in [9.17, 15) is 35.3 Å². The van der Waals surface area contributed by atoms with Gasteiger partial charge in [0.25, 0.3) is 6.47 Å². The molecule has 1 aliphatic heterocycles. The third-order valence-corrected chi connectivity index (χ3v) is 12.3. The first-order chi connectivity index (χ1) is 25.8. The van der Waals surface area contributed by atoms with Gasteiger partial charge in [0.2, 0.25) is 5.91 Å². The molecule has 5 aliphatic carbocycles. The second kappa shape index (κ2) is 18.0. The van der Waals surface area contributed by atoms with E-state index in [-0.39, 0.29) is 61.8 Å². The number of carbonyl (C=O) groups is 3. The standard InChI is InChI=1S/C37H55N5O9.CH2O2/c1-2-41(19-29(44)31(46)32(47)30(45)20-43)18-23-5-3-22(4-6-23)17-40-35(49)50-7-8-51-37-14-24-9-25(15-37)13-36(12-24,21-37)33(39)34(48)42-27(16-38)10-26-11-28(26)42;2-1-3/h3-6,24-33,43-47H,2,7-15,17-21,39H2,1H3,(H,40,49);1H,(H,2,3)/t24-,25?,26+,27-,28-,29-,30+,31+,32+,33+,36?,37?;/m0./s1. The molecule has 1 saturated heterocycles. The average Bonchev–Trinajstić information content (AvgIpc) is 3.82. The number of carboxylic acid groups (broad SMARTS) is 1. The summed E-state index contributed by atoms with van der Waals surface area (Å²) in [7, 11) is 0. The lowest BCUT2D eigenvalue weighted by Crippen LogP contribution is -2.65. The van der Waals surface area contributed by atoms with E-state index in [1.807, 2.05) is 36.1 Å². The van der Waals surface area contributed by atoms with Gasteiger partial charge in [0.15, 0.2) is 0 Å². The summed E-state index contributed by atoms with van der Waals surface area (Å²) in [5.74, 6) is 1.30. The molecule has 16 heteroatoms. The molecule has 2 amide bonds. The predicted molar refractivity (Wildman–Crippen MR) is 192 cm³/mol. The molecule has 6 fully saturated rings. The summed E-state index contributed by atoms with van der Waals surface area (Å²) >= 11 is 0. The molecule has 1 aromatic carbocycles. The Balaban J connectivity index is 0.00000181. The zero-order chi connectivity index (χ0) is 39.2. The van der Waals surface area contributed by atoms with Crippen LogP contribution >= 0.6 is 0 Å². The van der Waals surface area contributed by atoms with Crippen LogP contribution < -0.4 is 11.1 Å². The SMILES string of the molecule is CCN(Cc1ccc(CNC(=O)OCCOC23CC4C[C@H](C2)CC([C@H](N)C(=O)N2[C@H](C#N)C[C@@H]5C[C@@H]52)(C4)C3)cc1)C[C@H](O)[C@@H](O)[C@H](O)[C@H](O)CO.O=CO. The van der Waals surface area contributed by atoms with Gasteiger partial charge in [-0.05, 0) is 92.2 Å². The highest BCUT2D eigenvalue weighted by Crippen LogP contribution is 2.64. The Morgan fingerprint density at radius 1 is 1.04 bits per heavy atom. The van der Waals surface area contributed by atoms with Crippen LogP contribution in [0.2, 0.25) is 0 Å². The number of nitrogens with zero attached hydrogens (tertiary/aromatic N) is 3. The third kappa shape index (κ3) is 9.51. The Morgan fingerprint density at radius 3 is 2.28 bits per heavy atom. The van der Waals surface area contributed by atoms with E-state index in [1.165, 1.54) is 0 Å². The number of alkyl carbamates (subject to hydrolysis) is 1. The van der Waals surface area contributed by atoms with Gasteiger partial charge in [0, 0.05) is 25.7 Å². The van der Waals surface area contributed by atoms with E-state index in [4.69, 9.17) is 30.2 Å². The molecule has 16 nitrogen and oxygen atoms in total. The Labute approximate surface area is 315 Å². The summed E-state index contributed by atoms with van der Waals surface area (Å²) in [6.07, 6.45) is 0.593. The van der Waals surface area contributed by atoms with Crippen LogP contribution in [0.15, 0.2) is 24.3 Å². The van der Waals surface area contributed by atoms with Crippen molar-refractivity contribution >= 4 is 18.5 Å². The van der Waals surface area contributed by atoms with Crippen LogP contribution in [0, 0.1) is 34.5 Å². The van der Waals surface area contributed by atoms with Gasteiger partial charge in [-0.1, -0.05) is 31.2 Å². The highest BCUT2D eigenvalue weighted by molar-refractivity contribution is 5.84. The first-order valence-electron chi connectivity index (χ1n) is 19.0. The smallest absolute Gasteiger partial charge is 0.407 e. The zero-order valence-corrected chi connectivity index (χ0v) is 30.9. The fraction of sp³-hybridized carbons (Fsp3) is 0.737. The van der Waals surface area contributed by atoms with E-state index >= 15 is 0 Å². The molecule has 1 heterocycles. The molecule has 0 radical (unpaired) electrons. The Bertz CT molecular complexity index is 1460. The van der Waals surface area contributed by atoms with Gasteiger partial charge in [0.1, 0.15) is 31.0 Å². The van der Waals surface area contributed by atoms with Gasteiger partial charge in [0.05, 0.1) is 37.0 Å². The number of nitrogens with two attached hydrogens (primary N) is 1. The van der Waals surface area contributed by atoms with Crippen molar-refractivity contribution in [1.29, 1.82) is 5.26 Å². The molecule has 5 saturated carbocycles. The van der Waals surface area contributed by atoms with Gasteiger partial charge >= 0.3 is 6.09 Å². The van der Waals surface area contributed by atoms with Crippen LogP contribution in [0.25, 0.3) is 0 Å². The first-order valence-corrected chi connectivity index (χ1v) is 19.0. The number of likely N-dealkylation sites (N-methyl/N-ethyl adjacent to an activating group) is 1. The fourth-order valence-corrected chi connectivity index (χ4v) is 9.97. The van der Waals surface area contributed by atoms with E-state index in [0.29, 0.717) is 30.8 Å². The number of ether oxygens (including phenoxy) is 2. The van der Waals surface area contributed by atoms with Crippen molar-refractivity contribution < 1.29 is 54.5 Å². The van der Waals surface area contributed by atoms with Crippen molar-refractivity contribution in [2.24, 2.45) is 28.9 Å². The number of piperidine rings is 1. The maximum absolute atomic E-state index is 13.7. The molecule has 4 bridgehead atoms. The molecule has 3 unspecified atom stereocenters. The van der Waals surface area contributed by atoms with Crippen LogP contribution in [-0.2, 0) is 32.2 Å². The number of fused-ring (bicyclic) bond motifs is 1. The quantitative estimate of drug-likeness (QED) is 0.0773. The van der Waals surface area contributed by atoms with E-state index in [2.05, 4.69) is 11.4 Å². The molecular formula is C38H57N5O11. The van der Waals surface area contributed by atoms with E-state index < -0.39 is 43.2 Å². The Morgan fingerprint density at radius 2 is 1.67 bits per heavy atom. The minimum absolute atomic E-state index is 0.0469. The zero-order valence-electron chi connectivity index (χ0n) is 30.9. The highest BCUT2D eigenvalue weighted by Gasteiger charge is 2.63. The second-order valence-electron chi connectivity index (χ2n) is 16.1. The summed E-state index contributed by atoms with van der Waals surface area (Å²) in [5.41, 5.74) is 7.94. The van der Waals surface area contributed by atoms with Crippen molar-refractivity contribution in [2.75, 3.05) is 32.9 Å². The molecule has 54 heavy (non-hydrogen) atoms. The summed E-state index contributed by atoms with van der Waals surface area (Å²) < 4.78 is 12.0. The lowest BCUT2D eigenvalue weighted by atomic mass is 9.46. The van der Waals surface area contributed by atoms with Gasteiger partial charge in [-0.3, -0.25) is 14.5 Å². The molecule has 1 aromatic rings. The number of nitrogens with one attached hydrogen (secondary N) is 1. The predicted octanol–water partition coefficient (Wildman–Crippen LogP) is 0.0673. The maximum atomic E-state index is 13.7. The van der Waals surface area contributed by atoms with E-state index in [0.717, 1.165) is 62.5 Å². The number of aliphatic hydroxyl groups is 5. The molecule has 0 aromatic heterocycles. The molecular weight excluding hydrogens is 702 g/mol. The van der Waals surface area contributed by atoms with Gasteiger partial charge in [-0.25, -0.2) is 4.79 Å². The number of carbonyl (C=O) groups excluding carboxylic acids is 2. The van der Waals surface area contributed by atoms with Crippen LogP contribution in [-0.4, -0.2) is 140 Å². The molecule has 12 atom stereocenters. The molecule has 9 N–H and O–H groups in total. The van der Waals surface area contributed by atoms with Crippen LogP contribution in [0.3, 0.4) is 0 Å². The summed E-state index contributed by atoms with van der Waals surface area (Å²) in [6.45, 7) is 2.60. The second-order valence-corrected chi connectivity index (χ2v) is 16.1. The molecule has 6 aliphatic rings. The molecule has 300 valence electrons. The largest absolute Gasteiger partial charge is 0.483 e. The number of hydrogen-bond donors (Lipinski definition) is 8. The summed E-state index contributed by atoms with van der Waals surface area (Å²) in [6, 6.07) is 9.07. The molecule has 0 spiro atoms. The molecule has 7 rings (SSSR count). The van der Waals surface area contributed by atoms with Crippen molar-refractivity contribution in [3.63, 3.8) is 0 Å². The summed E-state index contributed by atoms with van der Waals surface area (Å²) in [4.78, 5) is 38.3. The maximum Gasteiger partial charge on any atom is 0.407 e. The van der Waals surface area contributed by atoms with Gasteiger partial charge in [-0.15, -0.1) is 0 Å². The van der Waals surface area contributed by atoms with Crippen LogP contribution in [0.5, 0.6) is 0 Å². The van der Waals surface area contributed by atoms with Gasteiger partial charge in [-0.2, -0.15) is 5.26 Å². The minimum Gasteiger partial charge on any atom is -0.483 e. The number of hydrogen-bond acceptors (Lipinski definition) is 13. The lowest BCUT2D eigenvalue weighted by molar-refractivity contribution is -0.203. The topological polar surface area (TPSA) is 259 Å². The number of rotatable bonds is 17. The number of benzene rings is 1. The fourth-order valence-electron chi connectivity index (χ4n) is 9.97. The Kier molecular flexibility index (Phi) is 13.9. The van der Waals surface area contributed by atoms with Crippen molar-refractivity contribution in [1.82, 2.24) is 15.1 Å².